The molecule has 4 rings (SSSR count). The third-order valence-electron chi connectivity index (χ3n) is 4.26. The second kappa shape index (κ2) is 7.06. The molecule has 1 aliphatic rings. The van der Waals surface area contributed by atoms with Gasteiger partial charge in [0.05, 0.1) is 18.4 Å². The minimum absolute atomic E-state index is 0.208. The van der Waals surface area contributed by atoms with Gasteiger partial charge in [-0.05, 0) is 42.3 Å². The lowest BCUT2D eigenvalue weighted by Crippen LogP contribution is -2.28. The Balaban J connectivity index is 1.86. The summed E-state index contributed by atoms with van der Waals surface area (Å²) in [6.07, 6.45) is 4.02. The van der Waals surface area contributed by atoms with Crippen molar-refractivity contribution in [2.24, 2.45) is 0 Å². The number of carbonyl (C=O) groups excluding carboxylic acids is 1. The summed E-state index contributed by atoms with van der Waals surface area (Å²) in [7, 11) is 0. The zero-order valence-corrected chi connectivity index (χ0v) is 14.7. The van der Waals surface area contributed by atoms with E-state index in [9.17, 15) is 9.18 Å². The number of anilines is 1. The lowest BCUT2D eigenvalue weighted by molar-refractivity contribution is 0.252. The van der Waals surface area contributed by atoms with Crippen LogP contribution in [0.3, 0.4) is 0 Å². The van der Waals surface area contributed by atoms with E-state index in [4.69, 9.17) is 4.74 Å². The number of carbonyl (C=O) groups is 1. The maximum Gasteiger partial charge on any atom is 0.321 e. The molecule has 0 saturated carbocycles. The minimum atomic E-state index is -0.436. The Morgan fingerprint density at radius 2 is 2.30 bits per heavy atom. The van der Waals surface area contributed by atoms with Crippen LogP contribution >= 0.6 is 0 Å². The monoisotopic (exact) mass is 367 g/mol. The summed E-state index contributed by atoms with van der Waals surface area (Å²) in [6.45, 7) is 2.94. The maximum absolute atomic E-state index is 14.4. The van der Waals surface area contributed by atoms with Crippen molar-refractivity contribution >= 4 is 28.6 Å². The highest BCUT2D eigenvalue weighted by Gasteiger charge is 2.18. The molecule has 0 bridgehead atoms. The number of rotatable bonds is 4. The zero-order valence-electron chi connectivity index (χ0n) is 14.7. The molecule has 2 amide bonds. The Bertz CT molecular complexity index is 1040. The van der Waals surface area contributed by atoms with E-state index in [0.29, 0.717) is 29.7 Å². The number of hydrogen-bond acceptors (Lipinski definition) is 4. The number of aromatic nitrogens is 3. The first-order valence-corrected chi connectivity index (χ1v) is 8.66. The van der Waals surface area contributed by atoms with Gasteiger partial charge >= 0.3 is 6.03 Å². The van der Waals surface area contributed by atoms with Gasteiger partial charge in [-0.25, -0.2) is 14.2 Å². The van der Waals surface area contributed by atoms with Gasteiger partial charge in [-0.1, -0.05) is 0 Å². The number of halogens is 1. The van der Waals surface area contributed by atoms with E-state index in [2.05, 4.69) is 25.6 Å². The molecule has 0 saturated heterocycles. The van der Waals surface area contributed by atoms with E-state index in [1.54, 1.807) is 12.3 Å². The summed E-state index contributed by atoms with van der Waals surface area (Å²) in [5.41, 5.74) is 3.87. The molecule has 27 heavy (non-hydrogen) atoms. The van der Waals surface area contributed by atoms with Crippen LogP contribution in [0.25, 0.3) is 27.9 Å². The number of nitrogens with zero attached hydrogens (tertiary/aromatic N) is 2. The summed E-state index contributed by atoms with van der Waals surface area (Å²) >= 11 is 0. The smallest absolute Gasteiger partial charge is 0.321 e. The second-order valence-corrected chi connectivity index (χ2v) is 6.09. The first kappa shape index (κ1) is 17.0. The first-order chi connectivity index (χ1) is 13.2. The van der Waals surface area contributed by atoms with E-state index >= 15 is 0 Å². The van der Waals surface area contributed by atoms with Crippen LogP contribution in [0.5, 0.6) is 0 Å². The predicted octanol–water partition coefficient (Wildman–Crippen LogP) is 3.67. The number of benzene rings is 1. The first-order valence-electron chi connectivity index (χ1n) is 8.66. The number of H-pyrrole nitrogens is 1. The molecular weight excluding hydrogens is 349 g/mol. The topological polar surface area (TPSA) is 91.9 Å². The van der Waals surface area contributed by atoms with Gasteiger partial charge in [-0.3, -0.25) is 10.3 Å². The molecule has 7 nitrogen and oxygen atoms in total. The molecule has 138 valence electrons. The van der Waals surface area contributed by atoms with E-state index in [1.165, 1.54) is 12.3 Å². The van der Waals surface area contributed by atoms with Crippen LogP contribution < -0.4 is 10.6 Å². The van der Waals surface area contributed by atoms with Gasteiger partial charge in [0.2, 0.25) is 5.95 Å². The number of aromatic amines is 1. The van der Waals surface area contributed by atoms with Gasteiger partial charge in [0.15, 0.2) is 0 Å². The Morgan fingerprint density at radius 3 is 3.04 bits per heavy atom. The van der Waals surface area contributed by atoms with E-state index < -0.39 is 5.82 Å². The summed E-state index contributed by atoms with van der Waals surface area (Å²) in [5, 5.41) is 5.29. The molecule has 3 heterocycles. The quantitative estimate of drug-likeness (QED) is 0.656. The highest BCUT2D eigenvalue weighted by Crippen LogP contribution is 2.34. The standard InChI is InChI=1S/C19H18FN5O2/c1-2-21-19(26)25-18-23-15-9-12(11-5-7-27-10-11)8-13(17(15)24-18)16-14(20)4-3-6-22-16/h3-4,6,8-10H,2,5,7H2,1H3,(H3,21,23,24,25,26). The lowest BCUT2D eigenvalue weighted by Gasteiger charge is -2.07. The molecule has 3 aromatic rings. The van der Waals surface area contributed by atoms with Crippen LogP contribution in [0.15, 0.2) is 36.7 Å². The summed E-state index contributed by atoms with van der Waals surface area (Å²) < 4.78 is 19.7. The molecule has 8 heteroatoms. The average Bonchev–Trinajstić information content (AvgIpc) is 3.31. The molecule has 3 N–H and O–H groups in total. The normalized spacial score (nSPS) is 13.3. The summed E-state index contributed by atoms with van der Waals surface area (Å²) in [4.78, 5) is 23.5. The molecule has 0 unspecified atom stereocenters. The van der Waals surface area contributed by atoms with Gasteiger partial charge in [-0.15, -0.1) is 0 Å². The van der Waals surface area contributed by atoms with Crippen LogP contribution in [-0.2, 0) is 4.74 Å². The van der Waals surface area contributed by atoms with Gasteiger partial charge in [0.25, 0.3) is 0 Å². The SMILES string of the molecule is CCNC(=O)Nc1nc2c(-c3ncccc3F)cc(C3=COCC3)cc2[nH]1. The van der Waals surface area contributed by atoms with Gasteiger partial charge in [-0.2, -0.15) is 0 Å². The van der Waals surface area contributed by atoms with E-state index in [1.807, 2.05) is 19.1 Å². The van der Waals surface area contributed by atoms with Crippen LogP contribution in [0.2, 0.25) is 0 Å². The number of hydrogen-bond donors (Lipinski definition) is 3. The zero-order chi connectivity index (χ0) is 18.8. The van der Waals surface area contributed by atoms with Gasteiger partial charge in [0, 0.05) is 24.7 Å². The van der Waals surface area contributed by atoms with Crippen LogP contribution in [0, 0.1) is 5.82 Å². The third kappa shape index (κ3) is 3.33. The number of amides is 2. The Kier molecular flexibility index (Phi) is 4.45. The number of urea groups is 1. The average molecular weight is 367 g/mol. The van der Waals surface area contributed by atoms with Crippen molar-refractivity contribution in [2.45, 2.75) is 13.3 Å². The summed E-state index contributed by atoms with van der Waals surface area (Å²) in [5.74, 6) is -0.156. The maximum atomic E-state index is 14.4. The molecule has 0 fully saturated rings. The highest BCUT2D eigenvalue weighted by atomic mass is 19.1. The number of fused-ring (bicyclic) bond motifs is 1. The van der Waals surface area contributed by atoms with Crippen LogP contribution in [0.1, 0.15) is 18.9 Å². The fraction of sp³-hybridized carbons (Fsp3) is 0.211. The molecule has 2 aromatic heterocycles. The fourth-order valence-corrected chi connectivity index (χ4v) is 3.04. The van der Waals surface area contributed by atoms with Crippen molar-refractivity contribution in [3.63, 3.8) is 0 Å². The Hall–Kier alpha value is -3.42. The summed E-state index contributed by atoms with van der Waals surface area (Å²) in [6, 6.07) is 6.30. The molecule has 0 radical (unpaired) electrons. The third-order valence-corrected chi connectivity index (χ3v) is 4.26. The molecule has 0 spiro atoms. The van der Waals surface area contributed by atoms with Crippen LogP contribution in [-0.4, -0.2) is 34.1 Å². The predicted molar refractivity (Wildman–Crippen MR) is 101 cm³/mol. The van der Waals surface area contributed by atoms with Crippen LogP contribution in [0.4, 0.5) is 15.1 Å². The van der Waals surface area contributed by atoms with Gasteiger partial charge in [0.1, 0.15) is 17.0 Å². The minimum Gasteiger partial charge on any atom is -0.501 e. The van der Waals surface area contributed by atoms with Crippen molar-refractivity contribution in [3.05, 3.63) is 48.1 Å². The number of pyridine rings is 1. The fourth-order valence-electron chi connectivity index (χ4n) is 3.04. The van der Waals surface area contributed by atoms with E-state index in [-0.39, 0.29) is 17.7 Å². The van der Waals surface area contributed by atoms with Crippen molar-refractivity contribution in [1.82, 2.24) is 20.3 Å². The molecule has 1 aliphatic heterocycles. The number of ether oxygens (including phenoxy) is 1. The van der Waals surface area contributed by atoms with Crippen molar-refractivity contribution < 1.29 is 13.9 Å². The second-order valence-electron chi connectivity index (χ2n) is 6.09. The molecule has 0 atom stereocenters. The molecule has 1 aromatic carbocycles. The molecule has 0 aliphatic carbocycles. The Morgan fingerprint density at radius 1 is 1.41 bits per heavy atom. The highest BCUT2D eigenvalue weighted by molar-refractivity contribution is 5.97. The largest absolute Gasteiger partial charge is 0.501 e. The number of nitrogens with one attached hydrogen (secondary N) is 3. The van der Waals surface area contributed by atoms with E-state index in [0.717, 1.165) is 17.6 Å². The lowest BCUT2D eigenvalue weighted by atomic mass is 9.99. The molecular formula is C19H18FN5O2. The van der Waals surface area contributed by atoms with Crippen molar-refractivity contribution in [2.75, 3.05) is 18.5 Å². The van der Waals surface area contributed by atoms with Crippen molar-refractivity contribution in [3.8, 4) is 11.3 Å². The van der Waals surface area contributed by atoms with Crippen molar-refractivity contribution in [1.29, 1.82) is 0 Å². The van der Waals surface area contributed by atoms with Gasteiger partial charge < -0.3 is 15.0 Å². The number of imidazole rings is 1. The Labute approximate surface area is 154 Å².